The number of azide groups is 2. The van der Waals surface area contributed by atoms with Gasteiger partial charge >= 0.3 is 0 Å². The van der Waals surface area contributed by atoms with Gasteiger partial charge in [-0.3, -0.25) is 0 Å². The molecule has 12 nitrogen and oxygen atoms in total. The first-order valence-electron chi connectivity index (χ1n) is 8.53. The van der Waals surface area contributed by atoms with Crippen LogP contribution in [0.2, 0.25) is 0 Å². The zero-order chi connectivity index (χ0) is 19.0. The highest BCUT2D eigenvalue weighted by Gasteiger charge is 1.93. The average molecular weight is 375 g/mol. The van der Waals surface area contributed by atoms with E-state index in [4.69, 9.17) is 34.7 Å². The Balaban J connectivity index is 3.00. The molecule has 0 fully saturated rings. The van der Waals surface area contributed by atoms with Gasteiger partial charge in [-0.2, -0.15) is 0 Å². The molecule has 1 N–H and O–H groups in total. The minimum Gasteiger partial charge on any atom is -0.379 e. The van der Waals surface area contributed by atoms with Gasteiger partial charge in [0.1, 0.15) is 0 Å². The largest absolute Gasteiger partial charge is 0.379 e. The summed E-state index contributed by atoms with van der Waals surface area (Å²) in [7, 11) is 0. The molecule has 0 rings (SSSR count). The summed E-state index contributed by atoms with van der Waals surface area (Å²) in [6.07, 6.45) is 0. The van der Waals surface area contributed by atoms with Crippen LogP contribution in [0.25, 0.3) is 20.9 Å². The second kappa shape index (κ2) is 23.4. The molecule has 150 valence electrons. The van der Waals surface area contributed by atoms with Crippen LogP contribution in [0, 0.1) is 0 Å². The normalized spacial score (nSPS) is 10.3. The van der Waals surface area contributed by atoms with Crippen molar-refractivity contribution in [2.75, 3.05) is 92.2 Å². The van der Waals surface area contributed by atoms with Gasteiger partial charge in [-0.05, 0) is 11.1 Å². The van der Waals surface area contributed by atoms with Gasteiger partial charge in [-0.1, -0.05) is 10.2 Å². The summed E-state index contributed by atoms with van der Waals surface area (Å²) in [5.41, 5.74) is 16.1. The molecule has 0 saturated carbocycles. The number of rotatable bonds is 21. The molecule has 0 aliphatic heterocycles. The summed E-state index contributed by atoms with van der Waals surface area (Å²) >= 11 is 0. The molecule has 0 unspecified atom stereocenters. The maximum atomic E-state index is 8.07. The predicted octanol–water partition coefficient (Wildman–Crippen LogP) is 1.28. The highest BCUT2D eigenvalue weighted by molar-refractivity contribution is 4.47. The van der Waals surface area contributed by atoms with Crippen LogP contribution in [0.4, 0.5) is 0 Å². The third-order valence-electron chi connectivity index (χ3n) is 2.76. The van der Waals surface area contributed by atoms with Gasteiger partial charge in [-0.15, -0.1) is 0 Å². The molecule has 0 aliphatic rings. The average Bonchev–Trinajstić information content (AvgIpc) is 2.66. The zero-order valence-electron chi connectivity index (χ0n) is 15.1. The zero-order valence-corrected chi connectivity index (χ0v) is 15.1. The van der Waals surface area contributed by atoms with E-state index >= 15 is 0 Å². The third kappa shape index (κ3) is 22.4. The van der Waals surface area contributed by atoms with Crippen molar-refractivity contribution in [3.8, 4) is 0 Å². The van der Waals surface area contributed by atoms with E-state index in [2.05, 4.69) is 25.4 Å². The van der Waals surface area contributed by atoms with E-state index in [0.29, 0.717) is 79.2 Å². The summed E-state index contributed by atoms with van der Waals surface area (Å²) in [5.74, 6) is 0. The summed E-state index contributed by atoms with van der Waals surface area (Å²) in [6, 6.07) is 0. The lowest BCUT2D eigenvalue weighted by Crippen LogP contribution is -2.25. The lowest BCUT2D eigenvalue weighted by Gasteiger charge is -2.08. The Morgan fingerprint density at radius 2 is 0.885 bits per heavy atom. The lowest BCUT2D eigenvalue weighted by molar-refractivity contribution is 0.0161. The van der Waals surface area contributed by atoms with Crippen molar-refractivity contribution in [3.63, 3.8) is 0 Å². The molecule has 0 atom stereocenters. The molecule has 0 radical (unpaired) electrons. The van der Waals surface area contributed by atoms with Crippen LogP contribution in [0.3, 0.4) is 0 Å². The molecule has 0 aromatic rings. The van der Waals surface area contributed by atoms with Crippen LogP contribution in [-0.4, -0.2) is 92.2 Å². The van der Waals surface area contributed by atoms with Gasteiger partial charge in [0.2, 0.25) is 0 Å². The maximum absolute atomic E-state index is 8.07. The summed E-state index contributed by atoms with van der Waals surface area (Å²) in [6.45, 7) is 7.21. The second-order valence-corrected chi connectivity index (χ2v) is 4.72. The van der Waals surface area contributed by atoms with Crippen molar-refractivity contribution in [2.45, 2.75) is 0 Å². The van der Waals surface area contributed by atoms with E-state index in [1.165, 1.54) is 0 Å². The SMILES string of the molecule is [N-]=[N+]=NCCOCCOCCNCCOCCOCCOCCN=[N+]=[N-]. The molecule has 0 saturated heterocycles. The van der Waals surface area contributed by atoms with Crippen molar-refractivity contribution >= 4 is 0 Å². The molecule has 0 heterocycles. The van der Waals surface area contributed by atoms with Gasteiger partial charge in [0, 0.05) is 36.0 Å². The maximum Gasteiger partial charge on any atom is 0.0701 e. The fourth-order valence-corrected chi connectivity index (χ4v) is 1.58. The number of ether oxygens (including phenoxy) is 5. The molecule has 0 amide bonds. The Morgan fingerprint density at radius 1 is 0.538 bits per heavy atom. The van der Waals surface area contributed by atoms with Crippen molar-refractivity contribution < 1.29 is 23.7 Å². The Bertz CT molecular complexity index is 354. The fraction of sp³-hybridized carbons (Fsp3) is 1.00. The topological polar surface area (TPSA) is 156 Å². The van der Waals surface area contributed by atoms with Crippen molar-refractivity contribution in [1.29, 1.82) is 0 Å². The predicted molar refractivity (Wildman–Crippen MR) is 95.0 cm³/mol. The van der Waals surface area contributed by atoms with E-state index in [0.717, 1.165) is 13.1 Å². The van der Waals surface area contributed by atoms with Gasteiger partial charge in [-0.25, -0.2) is 0 Å². The van der Waals surface area contributed by atoms with E-state index in [9.17, 15) is 0 Å². The van der Waals surface area contributed by atoms with E-state index < -0.39 is 0 Å². The molecule has 26 heavy (non-hydrogen) atoms. The third-order valence-corrected chi connectivity index (χ3v) is 2.76. The monoisotopic (exact) mass is 375 g/mol. The van der Waals surface area contributed by atoms with Gasteiger partial charge < -0.3 is 29.0 Å². The molecular formula is C14H29N7O5. The summed E-state index contributed by atoms with van der Waals surface area (Å²) < 4.78 is 26.5. The molecule has 12 heteroatoms. The molecule has 0 spiro atoms. The Morgan fingerprint density at radius 3 is 1.27 bits per heavy atom. The number of hydrogen-bond donors (Lipinski definition) is 1. The molecule has 0 aromatic heterocycles. The highest BCUT2D eigenvalue weighted by atomic mass is 16.5. The minimum absolute atomic E-state index is 0.338. The first-order chi connectivity index (χ1) is 12.9. The Hall–Kier alpha value is -1.62. The number of nitrogens with zero attached hydrogens (tertiary/aromatic N) is 6. The van der Waals surface area contributed by atoms with Crippen LogP contribution < -0.4 is 5.32 Å². The first kappa shape index (κ1) is 24.4. The number of hydrogen-bond acceptors (Lipinski definition) is 8. The van der Waals surface area contributed by atoms with Crippen LogP contribution >= 0.6 is 0 Å². The molecular weight excluding hydrogens is 346 g/mol. The van der Waals surface area contributed by atoms with Crippen LogP contribution in [0.5, 0.6) is 0 Å². The first-order valence-corrected chi connectivity index (χ1v) is 8.53. The summed E-state index contributed by atoms with van der Waals surface area (Å²) in [5, 5.41) is 9.91. The highest BCUT2D eigenvalue weighted by Crippen LogP contribution is 1.83. The molecule has 0 aromatic carbocycles. The van der Waals surface area contributed by atoms with Crippen molar-refractivity contribution in [2.24, 2.45) is 10.2 Å². The van der Waals surface area contributed by atoms with Crippen molar-refractivity contribution in [1.82, 2.24) is 5.32 Å². The van der Waals surface area contributed by atoms with E-state index in [1.807, 2.05) is 0 Å². The van der Waals surface area contributed by atoms with Gasteiger partial charge in [0.05, 0.1) is 66.1 Å². The van der Waals surface area contributed by atoms with Crippen LogP contribution in [0.1, 0.15) is 0 Å². The minimum atomic E-state index is 0.338. The Labute approximate surface area is 153 Å². The fourth-order valence-electron chi connectivity index (χ4n) is 1.58. The molecule has 0 bridgehead atoms. The van der Waals surface area contributed by atoms with Gasteiger partial charge in [0.15, 0.2) is 0 Å². The van der Waals surface area contributed by atoms with E-state index in [-0.39, 0.29) is 0 Å². The van der Waals surface area contributed by atoms with E-state index in [1.54, 1.807) is 0 Å². The lowest BCUT2D eigenvalue weighted by atomic mass is 10.6. The van der Waals surface area contributed by atoms with Crippen LogP contribution in [0.15, 0.2) is 10.2 Å². The smallest absolute Gasteiger partial charge is 0.0701 e. The van der Waals surface area contributed by atoms with Gasteiger partial charge in [0.25, 0.3) is 0 Å². The van der Waals surface area contributed by atoms with Crippen LogP contribution in [-0.2, 0) is 23.7 Å². The quantitative estimate of drug-likeness (QED) is 0.138. The number of nitrogens with one attached hydrogen (secondary N) is 1. The molecule has 0 aliphatic carbocycles. The van der Waals surface area contributed by atoms with Crippen molar-refractivity contribution in [3.05, 3.63) is 20.9 Å². The Kier molecular flexibility index (Phi) is 21.9. The standard InChI is InChI=1S/C14H29N7O5/c15-20-18-3-7-24-10-9-22-5-1-17-2-6-23-11-13-26-14-12-25-8-4-19-21-16/h17H,1-14H2. The second-order valence-electron chi connectivity index (χ2n) is 4.72. The summed E-state index contributed by atoms with van der Waals surface area (Å²) in [4.78, 5) is 5.26.